The number of nitrogens with two attached hydrogens (primary N) is 1. The van der Waals surface area contributed by atoms with Gasteiger partial charge in [0.1, 0.15) is 5.75 Å². The average molecular weight is 304 g/mol. The molecule has 0 saturated heterocycles. The molecule has 21 heavy (non-hydrogen) atoms. The van der Waals surface area contributed by atoms with E-state index in [-0.39, 0.29) is 0 Å². The van der Waals surface area contributed by atoms with Crippen LogP contribution in [0.4, 0.5) is 0 Å². The van der Waals surface area contributed by atoms with Crippen molar-refractivity contribution in [3.05, 3.63) is 34.2 Å². The molecule has 114 valence electrons. The van der Waals surface area contributed by atoms with Gasteiger partial charge in [-0.2, -0.15) is 0 Å². The van der Waals surface area contributed by atoms with Crippen LogP contribution in [-0.4, -0.2) is 18.1 Å². The first kappa shape index (κ1) is 16.0. The lowest BCUT2D eigenvalue weighted by molar-refractivity contribution is 0.317. The molecule has 0 aliphatic carbocycles. The van der Waals surface area contributed by atoms with E-state index in [1.807, 2.05) is 12.1 Å². The zero-order valence-electron chi connectivity index (χ0n) is 12.9. The molecule has 0 aliphatic rings. The van der Waals surface area contributed by atoms with E-state index in [0.717, 1.165) is 49.3 Å². The van der Waals surface area contributed by atoms with Crippen molar-refractivity contribution >= 4 is 11.3 Å². The summed E-state index contributed by atoms with van der Waals surface area (Å²) >= 11 is 1.80. The molecular weight excluding hydrogens is 280 g/mol. The number of aromatic nitrogens is 1. The van der Waals surface area contributed by atoms with Gasteiger partial charge in [-0.3, -0.25) is 0 Å². The van der Waals surface area contributed by atoms with Crippen LogP contribution in [0.3, 0.4) is 0 Å². The number of ether oxygens (including phenoxy) is 1. The highest BCUT2D eigenvalue weighted by Crippen LogP contribution is 2.30. The molecule has 2 aromatic rings. The Balaban J connectivity index is 2.22. The van der Waals surface area contributed by atoms with Gasteiger partial charge in [-0.05, 0) is 56.5 Å². The number of benzene rings is 1. The zero-order valence-corrected chi connectivity index (χ0v) is 13.7. The number of thiazole rings is 1. The topological polar surface area (TPSA) is 48.1 Å². The van der Waals surface area contributed by atoms with Gasteiger partial charge < -0.3 is 10.5 Å². The minimum Gasteiger partial charge on any atom is -0.494 e. The molecule has 1 aromatic carbocycles. The summed E-state index contributed by atoms with van der Waals surface area (Å²) in [5.41, 5.74) is 7.98. The number of aryl methyl sites for hydroxylation is 1. The van der Waals surface area contributed by atoms with Gasteiger partial charge in [0.2, 0.25) is 0 Å². The van der Waals surface area contributed by atoms with Crippen LogP contribution in [0.25, 0.3) is 11.3 Å². The van der Waals surface area contributed by atoms with Crippen molar-refractivity contribution in [3.63, 3.8) is 0 Å². The molecular formula is C17H24N2OS. The van der Waals surface area contributed by atoms with Crippen molar-refractivity contribution < 1.29 is 4.74 Å². The fraction of sp³-hybridized carbons (Fsp3) is 0.471. The zero-order chi connectivity index (χ0) is 15.1. The van der Waals surface area contributed by atoms with Crippen molar-refractivity contribution in [1.29, 1.82) is 0 Å². The lowest BCUT2D eigenvalue weighted by Gasteiger charge is -2.06. The van der Waals surface area contributed by atoms with Gasteiger partial charge in [-0.15, -0.1) is 11.3 Å². The summed E-state index contributed by atoms with van der Waals surface area (Å²) in [4.78, 5) is 6.10. The highest BCUT2D eigenvalue weighted by molar-refractivity contribution is 7.12. The summed E-state index contributed by atoms with van der Waals surface area (Å²) in [5.74, 6) is 0.921. The molecule has 0 atom stereocenters. The number of hydrogen-bond donors (Lipinski definition) is 1. The van der Waals surface area contributed by atoms with E-state index in [2.05, 4.69) is 26.0 Å². The molecule has 0 bridgehead atoms. The molecule has 0 unspecified atom stereocenters. The third kappa shape index (κ3) is 4.29. The maximum absolute atomic E-state index is 5.73. The summed E-state index contributed by atoms with van der Waals surface area (Å²) in [5, 5.41) is 1.21. The fourth-order valence-electron chi connectivity index (χ4n) is 2.18. The van der Waals surface area contributed by atoms with Crippen LogP contribution in [0, 0.1) is 0 Å². The molecule has 0 radical (unpaired) electrons. The third-order valence-electron chi connectivity index (χ3n) is 3.18. The minimum absolute atomic E-state index is 0.665. The van der Waals surface area contributed by atoms with E-state index in [1.54, 1.807) is 11.3 Å². The van der Waals surface area contributed by atoms with Crippen LogP contribution in [0.1, 0.15) is 36.6 Å². The van der Waals surface area contributed by atoms with Gasteiger partial charge in [-0.1, -0.05) is 13.8 Å². The molecule has 0 amide bonds. The Morgan fingerprint density at radius 2 is 1.86 bits per heavy atom. The molecule has 4 heteroatoms. The van der Waals surface area contributed by atoms with E-state index in [4.69, 9.17) is 15.5 Å². The van der Waals surface area contributed by atoms with Crippen molar-refractivity contribution in [1.82, 2.24) is 4.98 Å². The van der Waals surface area contributed by atoms with Crippen LogP contribution >= 0.6 is 11.3 Å². The van der Waals surface area contributed by atoms with Crippen molar-refractivity contribution in [3.8, 4) is 17.0 Å². The van der Waals surface area contributed by atoms with E-state index in [1.165, 1.54) is 9.88 Å². The van der Waals surface area contributed by atoms with Crippen molar-refractivity contribution in [2.75, 3.05) is 13.2 Å². The van der Waals surface area contributed by atoms with Crippen molar-refractivity contribution in [2.45, 2.75) is 39.5 Å². The quantitative estimate of drug-likeness (QED) is 0.800. The number of rotatable bonds is 8. The summed E-state index contributed by atoms with van der Waals surface area (Å²) < 4.78 is 5.63. The normalized spacial score (nSPS) is 10.8. The lowest BCUT2D eigenvalue weighted by Crippen LogP contribution is -2.02. The summed E-state index contributed by atoms with van der Waals surface area (Å²) in [6.45, 7) is 5.72. The highest BCUT2D eigenvalue weighted by Gasteiger charge is 2.12. The molecule has 0 fully saturated rings. The summed E-state index contributed by atoms with van der Waals surface area (Å²) in [6.07, 6.45) is 4.08. The first-order valence-corrected chi connectivity index (χ1v) is 8.52. The Hall–Kier alpha value is -1.39. The lowest BCUT2D eigenvalue weighted by atomic mass is 10.1. The van der Waals surface area contributed by atoms with Gasteiger partial charge in [-0.25, -0.2) is 4.98 Å². The maximum atomic E-state index is 5.73. The third-order valence-corrected chi connectivity index (χ3v) is 4.35. The first-order valence-electron chi connectivity index (χ1n) is 7.70. The van der Waals surface area contributed by atoms with E-state index < -0.39 is 0 Å². The minimum atomic E-state index is 0.665. The standard InChI is InChI=1S/C17H24N2OS/c1-3-5-16-19-17(15(21-16)10-11-18)13-6-8-14(9-7-13)20-12-4-2/h6-9H,3-5,10-12,18H2,1-2H3. The van der Waals surface area contributed by atoms with Crippen LogP contribution in [0.2, 0.25) is 0 Å². The molecule has 1 aromatic heterocycles. The Kier molecular flexibility index (Phi) is 6.21. The molecule has 2 rings (SSSR count). The molecule has 0 saturated carbocycles. The van der Waals surface area contributed by atoms with Gasteiger partial charge in [0.25, 0.3) is 0 Å². The van der Waals surface area contributed by atoms with Gasteiger partial charge in [0.05, 0.1) is 17.3 Å². The smallest absolute Gasteiger partial charge is 0.119 e. The second-order valence-electron chi connectivity index (χ2n) is 5.04. The van der Waals surface area contributed by atoms with Crippen LogP contribution in [-0.2, 0) is 12.8 Å². The average Bonchev–Trinajstić information content (AvgIpc) is 2.89. The Labute approximate surface area is 131 Å². The first-order chi connectivity index (χ1) is 10.3. The molecule has 3 nitrogen and oxygen atoms in total. The second-order valence-corrected chi connectivity index (χ2v) is 6.21. The fourth-order valence-corrected chi connectivity index (χ4v) is 3.38. The Bertz CT molecular complexity index is 548. The van der Waals surface area contributed by atoms with E-state index in [0.29, 0.717) is 6.54 Å². The summed E-state index contributed by atoms with van der Waals surface area (Å²) in [6, 6.07) is 8.23. The molecule has 0 spiro atoms. The predicted octanol–water partition coefficient (Wildman–Crippen LogP) is 4.05. The van der Waals surface area contributed by atoms with E-state index >= 15 is 0 Å². The Morgan fingerprint density at radius 3 is 2.48 bits per heavy atom. The van der Waals surface area contributed by atoms with Crippen LogP contribution in [0.15, 0.2) is 24.3 Å². The van der Waals surface area contributed by atoms with Gasteiger partial charge in [0, 0.05) is 10.4 Å². The number of nitrogens with zero attached hydrogens (tertiary/aromatic N) is 1. The van der Waals surface area contributed by atoms with E-state index in [9.17, 15) is 0 Å². The maximum Gasteiger partial charge on any atom is 0.119 e. The predicted molar refractivity (Wildman–Crippen MR) is 90.1 cm³/mol. The highest BCUT2D eigenvalue weighted by atomic mass is 32.1. The SMILES string of the molecule is CCCOc1ccc(-c2nc(CCC)sc2CCN)cc1. The van der Waals surface area contributed by atoms with Gasteiger partial charge in [0.15, 0.2) is 0 Å². The molecule has 1 heterocycles. The van der Waals surface area contributed by atoms with Crippen molar-refractivity contribution in [2.24, 2.45) is 5.73 Å². The molecule has 2 N–H and O–H groups in total. The van der Waals surface area contributed by atoms with Gasteiger partial charge >= 0.3 is 0 Å². The van der Waals surface area contributed by atoms with Crippen LogP contribution < -0.4 is 10.5 Å². The monoisotopic (exact) mass is 304 g/mol. The van der Waals surface area contributed by atoms with Crippen LogP contribution in [0.5, 0.6) is 5.75 Å². The second kappa shape index (κ2) is 8.15. The largest absolute Gasteiger partial charge is 0.494 e. The summed E-state index contributed by atoms with van der Waals surface area (Å²) in [7, 11) is 0. The molecule has 0 aliphatic heterocycles. The number of hydrogen-bond acceptors (Lipinski definition) is 4. The Morgan fingerprint density at radius 1 is 1.10 bits per heavy atom.